The molecule has 233 valence electrons. The van der Waals surface area contributed by atoms with Crippen molar-refractivity contribution in [3.8, 4) is 0 Å². The van der Waals surface area contributed by atoms with E-state index in [2.05, 4.69) is 31.3 Å². The van der Waals surface area contributed by atoms with Crippen molar-refractivity contribution >= 4 is 11.9 Å². The summed E-state index contributed by atoms with van der Waals surface area (Å²) in [7, 11) is 0. The molecular formula is C34H62NO4V-. The normalized spacial score (nSPS) is 11.2. The third kappa shape index (κ3) is 35.0. The third-order valence-electron chi connectivity index (χ3n) is 6.86. The van der Waals surface area contributed by atoms with Crippen LogP contribution in [0.3, 0.4) is 0 Å². The number of hydrogen-bond donors (Lipinski definition) is 0. The molecule has 0 aliphatic rings. The topological polar surface area (TPSA) is 66.7 Å². The number of rotatable bonds is 30. The molecule has 0 spiro atoms. The molecule has 0 rings (SSSR count). The molecule has 1 radical (unpaired) electrons. The molecule has 6 heteroatoms. The van der Waals surface area contributed by atoms with E-state index in [0.717, 1.165) is 77.3 Å². The molecule has 0 saturated heterocycles. The Balaban J connectivity index is 0. The molecule has 0 bridgehead atoms. The first-order valence-electron chi connectivity index (χ1n) is 16.4. The Morgan fingerprint density at radius 2 is 0.875 bits per heavy atom. The fraction of sp³-hybridized carbons (Fsp3) is 0.824. The van der Waals surface area contributed by atoms with Crippen molar-refractivity contribution in [3.63, 3.8) is 0 Å². The number of carbonyl (C=O) groups is 2. The molecule has 0 saturated carbocycles. The second-order valence-electron chi connectivity index (χ2n) is 10.7. The van der Waals surface area contributed by atoms with E-state index in [0.29, 0.717) is 26.1 Å². The second kappa shape index (κ2) is 36.0. The van der Waals surface area contributed by atoms with Crippen LogP contribution in [0.2, 0.25) is 0 Å². The van der Waals surface area contributed by atoms with Gasteiger partial charge >= 0.3 is 11.9 Å². The van der Waals surface area contributed by atoms with Crippen molar-refractivity contribution in [2.45, 2.75) is 155 Å². The summed E-state index contributed by atoms with van der Waals surface area (Å²) in [6.45, 7) is 7.17. The Morgan fingerprint density at radius 1 is 0.500 bits per heavy atom. The molecule has 0 fully saturated rings. The van der Waals surface area contributed by atoms with Gasteiger partial charge in [-0.1, -0.05) is 128 Å². The molecule has 0 heterocycles. The fourth-order valence-corrected chi connectivity index (χ4v) is 4.33. The Kier molecular flexibility index (Phi) is 37.0. The van der Waals surface area contributed by atoms with Crippen LogP contribution < -0.4 is 0 Å². The summed E-state index contributed by atoms with van der Waals surface area (Å²) in [6.07, 6.45) is 32.6. The number of carbonyl (C=O) groups excluding carboxylic acids is 2. The van der Waals surface area contributed by atoms with Gasteiger partial charge in [0.25, 0.3) is 0 Å². The maximum absolute atomic E-state index is 11.8. The maximum Gasteiger partial charge on any atom is 0.306 e. The van der Waals surface area contributed by atoms with Crippen LogP contribution in [0.1, 0.15) is 155 Å². The van der Waals surface area contributed by atoms with Gasteiger partial charge in [0.05, 0.1) is 0 Å². The quantitative estimate of drug-likeness (QED) is 0.0468. The van der Waals surface area contributed by atoms with Crippen LogP contribution in [0.25, 0.3) is 5.32 Å². The van der Waals surface area contributed by atoms with Gasteiger partial charge in [-0.05, 0) is 38.5 Å². The monoisotopic (exact) mass is 599 g/mol. The van der Waals surface area contributed by atoms with Crippen LogP contribution in [-0.2, 0) is 37.6 Å². The van der Waals surface area contributed by atoms with Crippen LogP contribution in [0.5, 0.6) is 0 Å². The van der Waals surface area contributed by atoms with Gasteiger partial charge in [0.2, 0.25) is 0 Å². The van der Waals surface area contributed by atoms with Crippen molar-refractivity contribution in [1.82, 2.24) is 0 Å². The van der Waals surface area contributed by atoms with Gasteiger partial charge in [0, 0.05) is 31.4 Å². The largest absolute Gasteiger partial charge is 0.662 e. The molecule has 0 unspecified atom stereocenters. The molecule has 5 nitrogen and oxygen atoms in total. The molecule has 0 aliphatic carbocycles. The number of nitrogens with zero attached hydrogens (tertiary/aromatic N) is 1. The summed E-state index contributed by atoms with van der Waals surface area (Å²) >= 11 is 0. The van der Waals surface area contributed by atoms with Crippen molar-refractivity contribution in [3.05, 3.63) is 29.6 Å². The van der Waals surface area contributed by atoms with Crippen molar-refractivity contribution in [2.75, 3.05) is 26.3 Å². The SMILES string of the molecule is CCCCCC/C=C\COC(=O)CCCCCCC[N-]CCCCCCCC(=O)OC/C=C\CCCCCC.[V]. The van der Waals surface area contributed by atoms with Gasteiger partial charge < -0.3 is 14.8 Å². The zero-order valence-corrected chi connectivity index (χ0v) is 27.6. The van der Waals surface area contributed by atoms with Gasteiger partial charge in [-0.25, -0.2) is 0 Å². The van der Waals surface area contributed by atoms with Crippen molar-refractivity contribution in [2.24, 2.45) is 0 Å². The first-order chi connectivity index (χ1) is 19.2. The zero-order valence-electron chi connectivity index (χ0n) is 26.2. The number of esters is 2. The number of hydrogen-bond acceptors (Lipinski definition) is 4. The smallest absolute Gasteiger partial charge is 0.306 e. The molecule has 0 aromatic heterocycles. The van der Waals surface area contributed by atoms with E-state index in [1.807, 2.05) is 12.2 Å². The first kappa shape index (κ1) is 41.1. The van der Waals surface area contributed by atoms with Crippen LogP contribution in [-0.4, -0.2) is 38.2 Å². The number of ether oxygens (including phenoxy) is 2. The summed E-state index contributed by atoms with van der Waals surface area (Å²) in [4.78, 5) is 23.5. The number of unbranched alkanes of at least 4 members (excludes halogenated alkanes) is 16. The Hall–Kier alpha value is -1.04. The second-order valence-corrected chi connectivity index (χ2v) is 10.7. The van der Waals surface area contributed by atoms with Gasteiger partial charge in [0.15, 0.2) is 0 Å². The average molecular weight is 600 g/mol. The van der Waals surface area contributed by atoms with E-state index in [4.69, 9.17) is 9.47 Å². The minimum Gasteiger partial charge on any atom is -0.662 e. The van der Waals surface area contributed by atoms with Crippen LogP contribution in [0, 0.1) is 0 Å². The average Bonchev–Trinajstić information content (AvgIpc) is 2.93. The first-order valence-corrected chi connectivity index (χ1v) is 16.4. The predicted octanol–water partition coefficient (Wildman–Crippen LogP) is 10.2. The minimum absolute atomic E-state index is 0. The molecule has 0 aromatic carbocycles. The van der Waals surface area contributed by atoms with Crippen molar-refractivity contribution < 1.29 is 37.6 Å². The summed E-state index contributed by atoms with van der Waals surface area (Å²) in [5.74, 6) is -0.145. The molecular weight excluding hydrogens is 537 g/mol. The Morgan fingerprint density at radius 3 is 1.30 bits per heavy atom. The van der Waals surface area contributed by atoms with Gasteiger partial charge in [-0.15, -0.1) is 13.1 Å². The zero-order chi connectivity index (χ0) is 28.5. The van der Waals surface area contributed by atoms with Gasteiger partial charge in [-0.2, -0.15) is 0 Å². The molecule has 0 amide bonds. The van der Waals surface area contributed by atoms with Crippen LogP contribution in [0.15, 0.2) is 24.3 Å². The van der Waals surface area contributed by atoms with E-state index >= 15 is 0 Å². The van der Waals surface area contributed by atoms with E-state index in [-0.39, 0.29) is 30.5 Å². The Bertz CT molecular complexity index is 544. The van der Waals surface area contributed by atoms with E-state index in [1.54, 1.807) is 0 Å². The molecule has 0 atom stereocenters. The number of allylic oxidation sites excluding steroid dienone is 2. The standard InChI is InChI=1S/C34H62NO4.V/c1-3-5-7-9-11-19-25-31-38-33(36)27-21-15-13-17-23-29-35-30-24-18-14-16-22-28-34(37)39-32-26-20-12-10-8-6-4-2;/h19-20,25-26H,3-18,21-24,27-32H2,1-2H3;/q-1;/b25-19-,26-20-;. The summed E-state index contributed by atoms with van der Waals surface area (Å²) in [5.41, 5.74) is 0. The summed E-state index contributed by atoms with van der Waals surface area (Å²) < 4.78 is 10.5. The third-order valence-corrected chi connectivity index (χ3v) is 6.86. The van der Waals surface area contributed by atoms with Crippen molar-refractivity contribution in [1.29, 1.82) is 0 Å². The van der Waals surface area contributed by atoms with Crippen LogP contribution in [0.4, 0.5) is 0 Å². The molecule has 0 aromatic rings. The molecule has 40 heavy (non-hydrogen) atoms. The van der Waals surface area contributed by atoms with E-state index < -0.39 is 0 Å². The predicted molar refractivity (Wildman–Crippen MR) is 166 cm³/mol. The van der Waals surface area contributed by atoms with E-state index in [1.165, 1.54) is 64.2 Å². The van der Waals surface area contributed by atoms with Gasteiger partial charge in [-0.3, -0.25) is 9.59 Å². The van der Waals surface area contributed by atoms with Crippen LogP contribution >= 0.6 is 0 Å². The van der Waals surface area contributed by atoms with E-state index in [9.17, 15) is 9.59 Å². The molecule has 0 aliphatic heterocycles. The fourth-order valence-electron chi connectivity index (χ4n) is 4.33. The summed E-state index contributed by atoms with van der Waals surface area (Å²) in [5, 5.41) is 4.64. The van der Waals surface area contributed by atoms with Gasteiger partial charge in [0.1, 0.15) is 13.2 Å². The molecule has 0 N–H and O–H groups in total. The Labute approximate surface area is 260 Å². The minimum atomic E-state index is -0.0724. The summed E-state index contributed by atoms with van der Waals surface area (Å²) in [6, 6.07) is 0. The maximum atomic E-state index is 11.8.